The molecule has 1 heterocycles. The summed E-state index contributed by atoms with van der Waals surface area (Å²) in [5, 5.41) is 0. The molecule has 2 aromatic carbocycles. The van der Waals surface area contributed by atoms with Gasteiger partial charge in [0.15, 0.2) is 5.78 Å². The van der Waals surface area contributed by atoms with Crippen molar-refractivity contribution in [3.05, 3.63) is 71.9 Å². The van der Waals surface area contributed by atoms with Crippen LogP contribution < -0.4 is 9.47 Å². The van der Waals surface area contributed by atoms with Crippen LogP contribution >= 0.6 is 0 Å². The van der Waals surface area contributed by atoms with Crippen molar-refractivity contribution >= 4 is 11.9 Å². The molecule has 0 atom stereocenters. The van der Waals surface area contributed by atoms with E-state index in [2.05, 4.69) is 21.9 Å². The van der Waals surface area contributed by atoms with Gasteiger partial charge in [-0.15, -0.1) is 0 Å². The standard InChI is InChI=1S/C24H29N3O4/c1-25(2)24(29)31-23-7-5-4-6-21(23)22(28)12-13-26-14-16-27(17-15-26)18-19-8-10-20(30-3)11-9-19/h4-13H,14-18H2,1-3H3. The Morgan fingerprint density at radius 1 is 1.00 bits per heavy atom. The number of ketones is 1. The van der Waals surface area contributed by atoms with Crippen LogP contribution in [0.25, 0.3) is 0 Å². The van der Waals surface area contributed by atoms with Gasteiger partial charge in [0.2, 0.25) is 0 Å². The monoisotopic (exact) mass is 423 g/mol. The number of benzene rings is 2. The molecule has 0 aliphatic carbocycles. The Bertz CT molecular complexity index is 917. The molecule has 1 aliphatic heterocycles. The molecule has 0 unspecified atom stereocenters. The second kappa shape index (κ2) is 10.6. The van der Waals surface area contributed by atoms with E-state index >= 15 is 0 Å². The minimum Gasteiger partial charge on any atom is -0.497 e. The fourth-order valence-corrected chi connectivity index (χ4v) is 3.27. The normalized spacial score (nSPS) is 14.5. The maximum atomic E-state index is 12.7. The van der Waals surface area contributed by atoms with Gasteiger partial charge in [-0.1, -0.05) is 24.3 Å². The van der Waals surface area contributed by atoms with Gasteiger partial charge in [0, 0.05) is 59.1 Å². The molecule has 0 radical (unpaired) electrons. The molecule has 1 aliphatic rings. The number of rotatable bonds is 7. The van der Waals surface area contributed by atoms with Gasteiger partial charge < -0.3 is 19.3 Å². The third-order valence-corrected chi connectivity index (χ3v) is 5.12. The number of amides is 1. The molecule has 3 rings (SSSR count). The molecule has 0 saturated carbocycles. The summed E-state index contributed by atoms with van der Waals surface area (Å²) in [5.41, 5.74) is 1.62. The Kier molecular flexibility index (Phi) is 7.67. The number of nitrogens with zero attached hydrogens (tertiary/aromatic N) is 3. The molecule has 1 amide bonds. The van der Waals surface area contributed by atoms with Crippen molar-refractivity contribution in [2.75, 3.05) is 47.4 Å². The Morgan fingerprint density at radius 2 is 1.68 bits per heavy atom. The van der Waals surface area contributed by atoms with Crippen LogP contribution in [0.4, 0.5) is 4.79 Å². The van der Waals surface area contributed by atoms with Crippen molar-refractivity contribution in [2.24, 2.45) is 0 Å². The number of carbonyl (C=O) groups is 2. The Balaban J connectivity index is 1.53. The largest absolute Gasteiger partial charge is 0.497 e. The van der Waals surface area contributed by atoms with Gasteiger partial charge in [0.1, 0.15) is 11.5 Å². The first-order valence-corrected chi connectivity index (χ1v) is 10.3. The van der Waals surface area contributed by atoms with E-state index in [4.69, 9.17) is 9.47 Å². The fraction of sp³-hybridized carbons (Fsp3) is 0.333. The molecule has 0 spiro atoms. The predicted octanol–water partition coefficient (Wildman–Crippen LogP) is 3.27. The number of para-hydroxylation sites is 1. The maximum absolute atomic E-state index is 12.7. The highest BCUT2D eigenvalue weighted by atomic mass is 16.6. The van der Waals surface area contributed by atoms with E-state index in [1.807, 2.05) is 18.3 Å². The van der Waals surface area contributed by atoms with Crippen LogP contribution in [0.5, 0.6) is 11.5 Å². The molecule has 1 saturated heterocycles. The number of carbonyl (C=O) groups excluding carboxylic acids is 2. The lowest BCUT2D eigenvalue weighted by Crippen LogP contribution is -2.43. The molecule has 164 valence electrons. The first-order valence-electron chi connectivity index (χ1n) is 10.3. The van der Waals surface area contributed by atoms with E-state index < -0.39 is 6.09 Å². The number of hydrogen-bond acceptors (Lipinski definition) is 6. The fourth-order valence-electron chi connectivity index (χ4n) is 3.27. The molecule has 0 bridgehead atoms. The number of hydrogen-bond donors (Lipinski definition) is 0. The van der Waals surface area contributed by atoms with E-state index in [-0.39, 0.29) is 11.5 Å². The lowest BCUT2D eigenvalue weighted by molar-refractivity contribution is 0.104. The summed E-state index contributed by atoms with van der Waals surface area (Å²) in [6.45, 7) is 4.42. The van der Waals surface area contributed by atoms with E-state index in [0.717, 1.165) is 38.5 Å². The zero-order valence-electron chi connectivity index (χ0n) is 18.3. The van der Waals surface area contributed by atoms with E-state index in [1.54, 1.807) is 51.5 Å². The third kappa shape index (κ3) is 6.33. The number of methoxy groups -OCH3 is 1. The molecule has 0 N–H and O–H groups in total. The molecular weight excluding hydrogens is 394 g/mol. The third-order valence-electron chi connectivity index (χ3n) is 5.12. The molecule has 1 fully saturated rings. The quantitative estimate of drug-likeness (QED) is 0.503. The molecule has 7 nitrogen and oxygen atoms in total. The van der Waals surface area contributed by atoms with E-state index in [0.29, 0.717) is 5.56 Å². The summed E-state index contributed by atoms with van der Waals surface area (Å²) in [7, 11) is 4.86. The summed E-state index contributed by atoms with van der Waals surface area (Å²) >= 11 is 0. The minimum absolute atomic E-state index is 0.192. The van der Waals surface area contributed by atoms with Crippen molar-refractivity contribution in [2.45, 2.75) is 6.54 Å². The number of piperazine rings is 1. The number of allylic oxidation sites excluding steroid dienone is 1. The van der Waals surface area contributed by atoms with Crippen molar-refractivity contribution < 1.29 is 19.1 Å². The second-order valence-electron chi connectivity index (χ2n) is 7.60. The summed E-state index contributed by atoms with van der Waals surface area (Å²) in [5.74, 6) is 0.935. The van der Waals surface area contributed by atoms with Crippen LogP contribution in [0.1, 0.15) is 15.9 Å². The first kappa shape index (κ1) is 22.4. The average Bonchev–Trinajstić information content (AvgIpc) is 2.79. The lowest BCUT2D eigenvalue weighted by atomic mass is 10.1. The first-order chi connectivity index (χ1) is 15.0. The SMILES string of the molecule is COc1ccc(CN2CCN(C=CC(=O)c3ccccc3OC(=O)N(C)C)CC2)cc1. The second-order valence-corrected chi connectivity index (χ2v) is 7.60. The highest BCUT2D eigenvalue weighted by Crippen LogP contribution is 2.20. The van der Waals surface area contributed by atoms with Crippen molar-refractivity contribution in [3.63, 3.8) is 0 Å². The smallest absolute Gasteiger partial charge is 0.414 e. The van der Waals surface area contributed by atoms with Crippen molar-refractivity contribution in [1.29, 1.82) is 0 Å². The van der Waals surface area contributed by atoms with Gasteiger partial charge >= 0.3 is 6.09 Å². The van der Waals surface area contributed by atoms with Crippen molar-refractivity contribution in [3.8, 4) is 11.5 Å². The van der Waals surface area contributed by atoms with Gasteiger partial charge in [-0.25, -0.2) is 4.79 Å². The summed E-state index contributed by atoms with van der Waals surface area (Å²) < 4.78 is 10.5. The van der Waals surface area contributed by atoms with E-state index in [9.17, 15) is 9.59 Å². The van der Waals surface area contributed by atoms with Gasteiger partial charge in [-0.2, -0.15) is 0 Å². The van der Waals surface area contributed by atoms with Gasteiger partial charge in [0.25, 0.3) is 0 Å². The molecule has 7 heteroatoms. The molecule has 2 aromatic rings. The Morgan fingerprint density at radius 3 is 2.32 bits per heavy atom. The predicted molar refractivity (Wildman–Crippen MR) is 119 cm³/mol. The summed E-state index contributed by atoms with van der Waals surface area (Å²) in [4.78, 5) is 30.4. The number of ether oxygens (including phenoxy) is 2. The van der Waals surface area contributed by atoms with Crippen LogP contribution in [0.3, 0.4) is 0 Å². The average molecular weight is 424 g/mol. The van der Waals surface area contributed by atoms with Crippen LogP contribution in [-0.2, 0) is 6.54 Å². The van der Waals surface area contributed by atoms with Crippen LogP contribution in [0.15, 0.2) is 60.8 Å². The highest BCUT2D eigenvalue weighted by molar-refractivity contribution is 6.06. The zero-order valence-corrected chi connectivity index (χ0v) is 18.3. The molecule has 0 aromatic heterocycles. The zero-order chi connectivity index (χ0) is 22.2. The molecular formula is C24H29N3O4. The van der Waals surface area contributed by atoms with E-state index in [1.165, 1.54) is 10.5 Å². The Hall–Kier alpha value is -3.32. The maximum Gasteiger partial charge on any atom is 0.414 e. The van der Waals surface area contributed by atoms with Gasteiger partial charge in [0.05, 0.1) is 12.7 Å². The van der Waals surface area contributed by atoms with Crippen LogP contribution in [0.2, 0.25) is 0 Å². The topological polar surface area (TPSA) is 62.3 Å². The minimum atomic E-state index is -0.516. The summed E-state index contributed by atoms with van der Waals surface area (Å²) in [6, 6.07) is 14.9. The lowest BCUT2D eigenvalue weighted by Gasteiger charge is -2.34. The van der Waals surface area contributed by atoms with Crippen LogP contribution in [-0.4, -0.2) is 74.0 Å². The van der Waals surface area contributed by atoms with Crippen LogP contribution in [0, 0.1) is 0 Å². The highest BCUT2D eigenvalue weighted by Gasteiger charge is 2.17. The Labute approximate surface area is 183 Å². The van der Waals surface area contributed by atoms with Crippen molar-refractivity contribution in [1.82, 2.24) is 14.7 Å². The van der Waals surface area contributed by atoms with Gasteiger partial charge in [-0.3, -0.25) is 9.69 Å². The van der Waals surface area contributed by atoms with Gasteiger partial charge in [-0.05, 0) is 29.8 Å². The molecule has 31 heavy (non-hydrogen) atoms. The summed E-state index contributed by atoms with van der Waals surface area (Å²) in [6.07, 6.45) is 2.86.